The summed E-state index contributed by atoms with van der Waals surface area (Å²) < 4.78 is 36.7. The molecule has 0 radical (unpaired) electrons. The van der Waals surface area contributed by atoms with Gasteiger partial charge < -0.3 is 19.8 Å². The second-order valence-corrected chi connectivity index (χ2v) is 7.91. The van der Waals surface area contributed by atoms with E-state index >= 15 is 0 Å². The van der Waals surface area contributed by atoms with Gasteiger partial charge in [-0.2, -0.15) is 4.31 Å². The topological polar surface area (TPSA) is 101 Å². The van der Waals surface area contributed by atoms with Crippen LogP contribution in [-0.2, 0) is 14.8 Å². The third kappa shape index (κ3) is 3.85. The number of aromatic amines is 1. The number of benzene rings is 1. The van der Waals surface area contributed by atoms with Crippen LogP contribution in [0.25, 0.3) is 0 Å². The first-order valence-electron chi connectivity index (χ1n) is 7.83. The van der Waals surface area contributed by atoms with E-state index in [1.54, 1.807) is 18.2 Å². The van der Waals surface area contributed by atoms with Crippen LogP contribution in [0.2, 0.25) is 5.02 Å². The quantitative estimate of drug-likeness (QED) is 0.800. The van der Waals surface area contributed by atoms with Crippen molar-refractivity contribution in [1.29, 1.82) is 0 Å². The van der Waals surface area contributed by atoms with E-state index in [0.29, 0.717) is 42.8 Å². The molecule has 1 saturated heterocycles. The SMILES string of the molecule is COc1ccc(NC(=O)c2cc(S(=O)(=O)N3CCOCC3)c[nH]2)cc1Cl. The summed E-state index contributed by atoms with van der Waals surface area (Å²) in [5.41, 5.74) is 0.594. The summed E-state index contributed by atoms with van der Waals surface area (Å²) >= 11 is 6.03. The van der Waals surface area contributed by atoms with Gasteiger partial charge in [0.2, 0.25) is 10.0 Å². The molecule has 1 amide bonds. The Morgan fingerprint density at radius 2 is 2.04 bits per heavy atom. The zero-order valence-corrected chi connectivity index (χ0v) is 15.6. The molecule has 8 nitrogen and oxygen atoms in total. The van der Waals surface area contributed by atoms with Crippen LogP contribution in [0.1, 0.15) is 10.5 Å². The van der Waals surface area contributed by atoms with Gasteiger partial charge in [-0.1, -0.05) is 11.6 Å². The van der Waals surface area contributed by atoms with E-state index in [1.807, 2.05) is 0 Å². The van der Waals surface area contributed by atoms with Crippen LogP contribution in [0.4, 0.5) is 5.69 Å². The molecule has 0 atom stereocenters. The second kappa shape index (κ2) is 7.67. The minimum Gasteiger partial charge on any atom is -0.495 e. The summed E-state index contributed by atoms with van der Waals surface area (Å²) in [4.78, 5) is 15.1. The van der Waals surface area contributed by atoms with Gasteiger partial charge >= 0.3 is 0 Å². The molecule has 1 aromatic heterocycles. The van der Waals surface area contributed by atoms with Crippen LogP contribution in [-0.4, -0.2) is 57.0 Å². The fraction of sp³-hybridized carbons (Fsp3) is 0.312. The van der Waals surface area contributed by atoms with Crippen molar-refractivity contribution in [2.45, 2.75) is 4.90 Å². The van der Waals surface area contributed by atoms with Gasteiger partial charge in [-0.3, -0.25) is 4.79 Å². The van der Waals surface area contributed by atoms with Crippen LogP contribution in [0.3, 0.4) is 0 Å². The van der Waals surface area contributed by atoms with Crippen molar-refractivity contribution in [3.05, 3.63) is 41.2 Å². The number of morpholine rings is 1. The average molecular weight is 400 g/mol. The van der Waals surface area contributed by atoms with Gasteiger partial charge in [0.25, 0.3) is 5.91 Å². The van der Waals surface area contributed by atoms with Crippen LogP contribution in [0.5, 0.6) is 5.75 Å². The van der Waals surface area contributed by atoms with Crippen molar-refractivity contribution < 1.29 is 22.7 Å². The summed E-state index contributed by atoms with van der Waals surface area (Å²) in [7, 11) is -2.16. The first kappa shape index (κ1) is 18.7. The van der Waals surface area contributed by atoms with Crippen LogP contribution in [0, 0.1) is 0 Å². The molecule has 1 fully saturated rings. The molecule has 0 unspecified atom stereocenters. The van der Waals surface area contributed by atoms with Gasteiger partial charge in [-0.15, -0.1) is 0 Å². The van der Waals surface area contributed by atoms with Crippen LogP contribution >= 0.6 is 11.6 Å². The second-order valence-electron chi connectivity index (χ2n) is 5.57. The van der Waals surface area contributed by atoms with Crippen molar-refractivity contribution >= 4 is 33.2 Å². The lowest BCUT2D eigenvalue weighted by molar-refractivity contribution is 0.0730. The van der Waals surface area contributed by atoms with Crippen molar-refractivity contribution in [1.82, 2.24) is 9.29 Å². The normalized spacial score (nSPS) is 15.6. The number of nitrogens with zero attached hydrogens (tertiary/aromatic N) is 1. The van der Waals surface area contributed by atoms with E-state index < -0.39 is 15.9 Å². The van der Waals surface area contributed by atoms with Gasteiger partial charge in [0.05, 0.1) is 25.3 Å². The lowest BCUT2D eigenvalue weighted by Crippen LogP contribution is -2.40. The molecule has 26 heavy (non-hydrogen) atoms. The molecule has 0 aliphatic carbocycles. The number of H-pyrrole nitrogens is 1. The monoisotopic (exact) mass is 399 g/mol. The van der Waals surface area contributed by atoms with Gasteiger partial charge in [0, 0.05) is 25.0 Å². The Labute approximate surface area is 156 Å². The van der Waals surface area contributed by atoms with E-state index in [1.165, 1.54) is 23.7 Å². The van der Waals surface area contributed by atoms with E-state index in [4.69, 9.17) is 21.1 Å². The molecule has 10 heteroatoms. The lowest BCUT2D eigenvalue weighted by atomic mass is 10.3. The molecular formula is C16H18ClN3O5S. The molecular weight excluding hydrogens is 382 g/mol. The maximum atomic E-state index is 12.6. The Balaban J connectivity index is 1.74. The Bertz CT molecular complexity index is 906. The fourth-order valence-corrected chi connectivity index (χ4v) is 4.19. The molecule has 1 aliphatic rings. The number of anilines is 1. The highest BCUT2D eigenvalue weighted by Gasteiger charge is 2.28. The lowest BCUT2D eigenvalue weighted by Gasteiger charge is -2.25. The Kier molecular flexibility index (Phi) is 5.52. The number of aromatic nitrogens is 1. The maximum Gasteiger partial charge on any atom is 0.272 e. The summed E-state index contributed by atoms with van der Waals surface area (Å²) in [5.74, 6) is 0.0121. The number of hydrogen-bond donors (Lipinski definition) is 2. The summed E-state index contributed by atoms with van der Waals surface area (Å²) in [6.45, 7) is 1.29. The van der Waals surface area contributed by atoms with Crippen molar-refractivity contribution in [2.24, 2.45) is 0 Å². The summed E-state index contributed by atoms with van der Waals surface area (Å²) in [6.07, 6.45) is 1.31. The number of rotatable bonds is 5. The smallest absolute Gasteiger partial charge is 0.272 e. The molecule has 0 spiro atoms. The zero-order chi connectivity index (χ0) is 18.7. The number of amides is 1. The molecule has 0 saturated carbocycles. The molecule has 3 rings (SSSR count). The summed E-state index contributed by atoms with van der Waals surface area (Å²) in [6, 6.07) is 6.12. The third-order valence-electron chi connectivity index (χ3n) is 3.92. The molecule has 1 aliphatic heterocycles. The molecule has 2 aromatic rings. The van der Waals surface area contributed by atoms with Crippen LogP contribution < -0.4 is 10.1 Å². The Morgan fingerprint density at radius 3 is 2.69 bits per heavy atom. The predicted octanol–water partition coefficient (Wildman–Crippen LogP) is 1.95. The largest absolute Gasteiger partial charge is 0.495 e. The van der Waals surface area contributed by atoms with E-state index in [0.717, 1.165) is 0 Å². The standard InChI is InChI=1S/C16H18ClN3O5S/c1-24-15-3-2-11(8-13(15)17)19-16(21)14-9-12(10-18-14)26(22,23)20-4-6-25-7-5-20/h2-3,8-10,18H,4-7H2,1H3,(H,19,21). The number of hydrogen-bond acceptors (Lipinski definition) is 5. The predicted molar refractivity (Wildman–Crippen MR) is 96.3 cm³/mol. The minimum absolute atomic E-state index is 0.0392. The highest BCUT2D eigenvalue weighted by atomic mass is 35.5. The molecule has 1 aromatic carbocycles. The number of halogens is 1. The summed E-state index contributed by atoms with van der Waals surface area (Å²) in [5, 5.41) is 3.01. The molecule has 0 bridgehead atoms. The van der Waals surface area contributed by atoms with E-state index in [9.17, 15) is 13.2 Å². The number of sulfonamides is 1. The first-order valence-corrected chi connectivity index (χ1v) is 9.65. The van der Waals surface area contributed by atoms with Gasteiger partial charge in [0.15, 0.2) is 0 Å². The molecule has 2 N–H and O–H groups in total. The zero-order valence-electron chi connectivity index (χ0n) is 14.0. The highest BCUT2D eigenvalue weighted by Crippen LogP contribution is 2.27. The Morgan fingerprint density at radius 1 is 1.31 bits per heavy atom. The maximum absolute atomic E-state index is 12.6. The van der Waals surface area contributed by atoms with Gasteiger partial charge in [-0.25, -0.2) is 8.42 Å². The number of carbonyl (C=O) groups excluding carboxylic acids is 1. The molecule has 2 heterocycles. The average Bonchev–Trinajstić information content (AvgIpc) is 3.14. The number of methoxy groups -OCH3 is 1. The minimum atomic E-state index is -3.66. The van der Waals surface area contributed by atoms with Crippen LogP contribution in [0.15, 0.2) is 35.4 Å². The first-order chi connectivity index (χ1) is 12.4. The highest BCUT2D eigenvalue weighted by molar-refractivity contribution is 7.89. The van der Waals surface area contributed by atoms with E-state index in [2.05, 4.69) is 10.3 Å². The van der Waals surface area contributed by atoms with Gasteiger partial charge in [-0.05, 0) is 24.3 Å². The fourth-order valence-electron chi connectivity index (χ4n) is 2.53. The van der Waals surface area contributed by atoms with Crippen molar-refractivity contribution in [3.63, 3.8) is 0 Å². The van der Waals surface area contributed by atoms with Crippen molar-refractivity contribution in [2.75, 3.05) is 38.7 Å². The van der Waals surface area contributed by atoms with E-state index in [-0.39, 0.29) is 10.6 Å². The number of ether oxygens (including phenoxy) is 2. The number of nitrogens with one attached hydrogen (secondary N) is 2. The Hall–Kier alpha value is -2.07. The third-order valence-corrected chi connectivity index (χ3v) is 6.09. The molecule has 140 valence electrons. The van der Waals surface area contributed by atoms with Gasteiger partial charge in [0.1, 0.15) is 16.3 Å². The number of carbonyl (C=O) groups is 1. The van der Waals surface area contributed by atoms with Crippen molar-refractivity contribution in [3.8, 4) is 5.75 Å².